The van der Waals surface area contributed by atoms with Crippen LogP contribution in [0.1, 0.15) is 47.2 Å². The van der Waals surface area contributed by atoms with Crippen molar-refractivity contribution < 1.29 is 9.90 Å². The third-order valence-electron chi connectivity index (χ3n) is 4.08. The maximum absolute atomic E-state index is 12.2. The molecule has 19 heavy (non-hydrogen) atoms. The Hall–Kier alpha value is -1.35. The standard InChI is InChI=1S/C16H23NO2/c1-11-4-3-5-12(2)15(11)16(19)17-10-13-6-8-14(18)9-7-13/h3-5,13-14,18H,6-10H2,1-2H3,(H,17,19). The second-order valence-electron chi connectivity index (χ2n) is 5.65. The van der Waals surface area contributed by atoms with E-state index >= 15 is 0 Å². The van der Waals surface area contributed by atoms with Gasteiger partial charge in [0, 0.05) is 12.1 Å². The summed E-state index contributed by atoms with van der Waals surface area (Å²) < 4.78 is 0. The van der Waals surface area contributed by atoms with E-state index in [2.05, 4.69) is 5.32 Å². The first kappa shape index (κ1) is 14.1. The molecule has 0 atom stereocenters. The highest BCUT2D eigenvalue weighted by molar-refractivity contribution is 5.97. The van der Waals surface area contributed by atoms with E-state index in [-0.39, 0.29) is 12.0 Å². The average molecular weight is 261 g/mol. The molecule has 1 aliphatic rings. The lowest BCUT2D eigenvalue weighted by Crippen LogP contribution is -2.32. The molecule has 104 valence electrons. The lowest BCUT2D eigenvalue weighted by atomic mass is 9.87. The Labute approximate surface area is 115 Å². The molecule has 1 aromatic rings. The first-order valence-electron chi connectivity index (χ1n) is 7.10. The highest BCUT2D eigenvalue weighted by Gasteiger charge is 2.20. The minimum absolute atomic E-state index is 0.0294. The van der Waals surface area contributed by atoms with Gasteiger partial charge in [0.2, 0.25) is 0 Å². The molecule has 1 saturated carbocycles. The molecule has 3 heteroatoms. The number of amides is 1. The molecule has 1 aromatic carbocycles. The quantitative estimate of drug-likeness (QED) is 0.878. The predicted molar refractivity (Wildman–Crippen MR) is 76.2 cm³/mol. The van der Waals surface area contributed by atoms with Crippen molar-refractivity contribution in [3.05, 3.63) is 34.9 Å². The molecule has 1 aliphatic carbocycles. The zero-order chi connectivity index (χ0) is 13.8. The van der Waals surface area contributed by atoms with Gasteiger partial charge in [-0.2, -0.15) is 0 Å². The van der Waals surface area contributed by atoms with E-state index in [9.17, 15) is 9.90 Å². The van der Waals surface area contributed by atoms with Crippen LogP contribution in [0.15, 0.2) is 18.2 Å². The zero-order valence-corrected chi connectivity index (χ0v) is 11.8. The number of carbonyl (C=O) groups excluding carboxylic acids is 1. The number of nitrogens with one attached hydrogen (secondary N) is 1. The topological polar surface area (TPSA) is 49.3 Å². The summed E-state index contributed by atoms with van der Waals surface area (Å²) in [6, 6.07) is 5.92. The molecule has 1 fully saturated rings. The van der Waals surface area contributed by atoms with E-state index in [1.54, 1.807) is 0 Å². The summed E-state index contributed by atoms with van der Waals surface area (Å²) in [5.41, 5.74) is 2.85. The van der Waals surface area contributed by atoms with Gasteiger partial charge in [0.15, 0.2) is 0 Å². The lowest BCUT2D eigenvalue weighted by molar-refractivity contribution is 0.0909. The Morgan fingerprint density at radius 2 is 1.79 bits per heavy atom. The van der Waals surface area contributed by atoms with Crippen molar-refractivity contribution in [3.8, 4) is 0 Å². The second-order valence-corrected chi connectivity index (χ2v) is 5.65. The normalized spacial score (nSPS) is 23.1. The lowest BCUT2D eigenvalue weighted by Gasteiger charge is -2.25. The molecular formula is C16H23NO2. The van der Waals surface area contributed by atoms with Gasteiger partial charge in [-0.15, -0.1) is 0 Å². The fourth-order valence-electron chi connectivity index (χ4n) is 2.85. The average Bonchev–Trinajstić information content (AvgIpc) is 2.38. The number of aryl methyl sites for hydroxylation is 2. The Morgan fingerprint density at radius 3 is 2.37 bits per heavy atom. The van der Waals surface area contributed by atoms with Crippen LogP contribution in [0.25, 0.3) is 0 Å². The summed E-state index contributed by atoms with van der Waals surface area (Å²) in [5.74, 6) is 0.540. The summed E-state index contributed by atoms with van der Waals surface area (Å²) in [7, 11) is 0. The Morgan fingerprint density at radius 1 is 1.21 bits per heavy atom. The number of benzene rings is 1. The largest absolute Gasteiger partial charge is 0.393 e. The Bertz CT molecular complexity index is 428. The van der Waals surface area contributed by atoms with E-state index < -0.39 is 0 Å². The third-order valence-corrected chi connectivity index (χ3v) is 4.08. The molecule has 0 aromatic heterocycles. The highest BCUT2D eigenvalue weighted by Crippen LogP contribution is 2.23. The van der Waals surface area contributed by atoms with Gasteiger partial charge in [0.05, 0.1) is 6.10 Å². The molecule has 2 N–H and O–H groups in total. The Balaban J connectivity index is 1.91. The van der Waals surface area contributed by atoms with Crippen LogP contribution in [0, 0.1) is 19.8 Å². The number of rotatable bonds is 3. The molecule has 0 bridgehead atoms. The first-order chi connectivity index (χ1) is 9.08. The van der Waals surface area contributed by atoms with Gasteiger partial charge in [-0.3, -0.25) is 4.79 Å². The van der Waals surface area contributed by atoms with Crippen molar-refractivity contribution in [2.75, 3.05) is 6.54 Å². The smallest absolute Gasteiger partial charge is 0.251 e. The van der Waals surface area contributed by atoms with Crippen molar-refractivity contribution in [3.63, 3.8) is 0 Å². The summed E-state index contributed by atoms with van der Waals surface area (Å²) in [6.45, 7) is 4.66. The summed E-state index contributed by atoms with van der Waals surface area (Å²) >= 11 is 0. The number of aliphatic hydroxyl groups excluding tert-OH is 1. The molecule has 0 heterocycles. The van der Waals surface area contributed by atoms with Crippen molar-refractivity contribution in [1.82, 2.24) is 5.32 Å². The van der Waals surface area contributed by atoms with Crippen LogP contribution in [-0.4, -0.2) is 23.7 Å². The van der Waals surface area contributed by atoms with Crippen LogP contribution in [0.5, 0.6) is 0 Å². The van der Waals surface area contributed by atoms with Crippen LogP contribution in [0.3, 0.4) is 0 Å². The van der Waals surface area contributed by atoms with Gasteiger partial charge in [-0.1, -0.05) is 18.2 Å². The molecule has 3 nitrogen and oxygen atoms in total. The SMILES string of the molecule is Cc1cccc(C)c1C(=O)NCC1CCC(O)CC1. The van der Waals surface area contributed by atoms with Crippen molar-refractivity contribution in [2.24, 2.45) is 5.92 Å². The molecule has 0 radical (unpaired) electrons. The number of carbonyl (C=O) groups is 1. The van der Waals surface area contributed by atoms with Crippen LogP contribution in [0.2, 0.25) is 0 Å². The fraction of sp³-hybridized carbons (Fsp3) is 0.562. The number of aliphatic hydroxyl groups is 1. The van der Waals surface area contributed by atoms with E-state index in [0.29, 0.717) is 5.92 Å². The first-order valence-corrected chi connectivity index (χ1v) is 7.10. The molecule has 0 spiro atoms. The van der Waals surface area contributed by atoms with E-state index in [1.807, 2.05) is 32.0 Å². The summed E-state index contributed by atoms with van der Waals surface area (Å²) in [5, 5.41) is 12.5. The van der Waals surface area contributed by atoms with Crippen LogP contribution in [-0.2, 0) is 0 Å². The van der Waals surface area contributed by atoms with E-state index in [4.69, 9.17) is 0 Å². The van der Waals surface area contributed by atoms with E-state index in [0.717, 1.165) is 48.9 Å². The summed E-state index contributed by atoms with van der Waals surface area (Å²) in [4.78, 5) is 12.2. The van der Waals surface area contributed by atoms with Crippen LogP contribution in [0.4, 0.5) is 0 Å². The van der Waals surface area contributed by atoms with Gasteiger partial charge >= 0.3 is 0 Å². The van der Waals surface area contributed by atoms with Gasteiger partial charge in [0.1, 0.15) is 0 Å². The van der Waals surface area contributed by atoms with Crippen LogP contribution < -0.4 is 5.32 Å². The fourth-order valence-corrected chi connectivity index (χ4v) is 2.85. The van der Waals surface area contributed by atoms with Crippen LogP contribution >= 0.6 is 0 Å². The molecule has 0 saturated heterocycles. The minimum Gasteiger partial charge on any atom is -0.393 e. The number of hydrogen-bond donors (Lipinski definition) is 2. The van der Waals surface area contributed by atoms with Gasteiger partial charge in [-0.05, 0) is 56.6 Å². The molecule has 1 amide bonds. The van der Waals surface area contributed by atoms with E-state index in [1.165, 1.54) is 0 Å². The molecule has 2 rings (SSSR count). The maximum atomic E-state index is 12.2. The Kier molecular flexibility index (Phi) is 4.59. The minimum atomic E-state index is -0.134. The third kappa shape index (κ3) is 3.57. The second kappa shape index (κ2) is 6.20. The zero-order valence-electron chi connectivity index (χ0n) is 11.8. The maximum Gasteiger partial charge on any atom is 0.251 e. The van der Waals surface area contributed by atoms with Crippen molar-refractivity contribution >= 4 is 5.91 Å². The van der Waals surface area contributed by atoms with Gasteiger partial charge in [-0.25, -0.2) is 0 Å². The predicted octanol–water partition coefficient (Wildman–Crippen LogP) is 2.58. The van der Waals surface area contributed by atoms with Crippen molar-refractivity contribution in [2.45, 2.75) is 45.6 Å². The summed E-state index contributed by atoms with van der Waals surface area (Å²) in [6.07, 6.45) is 3.61. The monoisotopic (exact) mass is 261 g/mol. The van der Waals surface area contributed by atoms with Crippen molar-refractivity contribution in [1.29, 1.82) is 0 Å². The molecule has 0 aliphatic heterocycles. The van der Waals surface area contributed by atoms with Gasteiger partial charge < -0.3 is 10.4 Å². The molecular weight excluding hydrogens is 238 g/mol. The molecule has 0 unspecified atom stereocenters. The number of hydrogen-bond acceptors (Lipinski definition) is 2. The highest BCUT2D eigenvalue weighted by atomic mass is 16.3. The van der Waals surface area contributed by atoms with Gasteiger partial charge in [0.25, 0.3) is 5.91 Å².